The van der Waals surface area contributed by atoms with Crippen molar-refractivity contribution >= 4 is 18.1 Å². The van der Waals surface area contributed by atoms with E-state index in [4.69, 9.17) is 5.73 Å². The summed E-state index contributed by atoms with van der Waals surface area (Å²) in [6.45, 7) is 0. The molecule has 0 bridgehead atoms. The third kappa shape index (κ3) is 1.49. The quantitative estimate of drug-likeness (QED) is 0.691. The summed E-state index contributed by atoms with van der Waals surface area (Å²) in [6, 6.07) is 1.81. The maximum atomic E-state index is 12.3. The monoisotopic (exact) mass is 196 g/mol. The molecule has 0 saturated carbocycles. The van der Waals surface area contributed by atoms with Gasteiger partial charge in [0, 0.05) is 23.8 Å². The second-order valence-corrected chi connectivity index (χ2v) is 6.63. The van der Waals surface area contributed by atoms with Gasteiger partial charge in [0.15, 0.2) is 0 Å². The van der Waals surface area contributed by atoms with Crippen molar-refractivity contribution in [3.8, 4) is 0 Å². The first-order chi connectivity index (χ1) is 6.22. The Balaban J connectivity index is 2.45. The molecular weight excluding hydrogens is 183 g/mol. The van der Waals surface area contributed by atoms with E-state index in [9.17, 15) is 4.57 Å². The Kier molecular flexibility index (Phi) is 2.12. The normalized spacial score (nSPS) is 20.3. The summed E-state index contributed by atoms with van der Waals surface area (Å²) in [5, 5.41) is 0.847. The zero-order valence-corrected chi connectivity index (χ0v) is 8.33. The minimum Gasteiger partial charge on any atom is -0.397 e. The molecule has 0 aromatic carbocycles. The largest absolute Gasteiger partial charge is 0.397 e. The van der Waals surface area contributed by atoms with E-state index in [1.54, 1.807) is 18.5 Å². The molecule has 1 saturated heterocycles. The number of rotatable bonds is 1. The average molecular weight is 196 g/mol. The second kappa shape index (κ2) is 3.15. The van der Waals surface area contributed by atoms with Crippen LogP contribution in [-0.2, 0) is 4.57 Å². The van der Waals surface area contributed by atoms with Gasteiger partial charge >= 0.3 is 0 Å². The Morgan fingerprint density at radius 3 is 2.69 bits per heavy atom. The molecule has 70 valence electrons. The molecule has 1 aromatic rings. The summed E-state index contributed by atoms with van der Waals surface area (Å²) in [6.07, 6.45) is 7.04. The fourth-order valence-electron chi connectivity index (χ4n) is 1.86. The van der Waals surface area contributed by atoms with Crippen LogP contribution < -0.4 is 11.0 Å². The third-order valence-corrected chi connectivity index (χ3v) is 5.92. The van der Waals surface area contributed by atoms with Gasteiger partial charge in [0.05, 0.1) is 11.9 Å². The van der Waals surface area contributed by atoms with Gasteiger partial charge in [-0.3, -0.25) is 4.98 Å². The molecule has 2 N–H and O–H groups in total. The van der Waals surface area contributed by atoms with Crippen LogP contribution in [0.1, 0.15) is 12.8 Å². The Morgan fingerprint density at radius 2 is 2.08 bits per heavy atom. The molecule has 3 nitrogen and oxygen atoms in total. The summed E-state index contributed by atoms with van der Waals surface area (Å²) >= 11 is 0. The van der Waals surface area contributed by atoms with E-state index in [0.717, 1.165) is 30.5 Å². The number of pyridine rings is 1. The van der Waals surface area contributed by atoms with Crippen molar-refractivity contribution in [2.45, 2.75) is 12.8 Å². The lowest BCUT2D eigenvalue weighted by atomic mass is 10.4. The fourth-order valence-corrected chi connectivity index (χ4v) is 4.90. The first-order valence-corrected chi connectivity index (χ1v) is 6.58. The Hall–Kier alpha value is -0.820. The van der Waals surface area contributed by atoms with Crippen molar-refractivity contribution in [2.75, 3.05) is 18.1 Å². The van der Waals surface area contributed by atoms with E-state index >= 15 is 0 Å². The number of aromatic nitrogens is 1. The highest BCUT2D eigenvalue weighted by Crippen LogP contribution is 2.51. The minimum atomic E-state index is -2.13. The lowest BCUT2D eigenvalue weighted by molar-refractivity contribution is 0.585. The molecule has 0 aliphatic carbocycles. The molecule has 0 spiro atoms. The molecular formula is C9H13N2OP. The number of nitrogen functional groups attached to an aromatic ring is 1. The van der Waals surface area contributed by atoms with E-state index in [-0.39, 0.29) is 0 Å². The van der Waals surface area contributed by atoms with Crippen LogP contribution >= 0.6 is 7.14 Å². The van der Waals surface area contributed by atoms with Gasteiger partial charge in [0.1, 0.15) is 7.14 Å². The summed E-state index contributed by atoms with van der Waals surface area (Å²) < 4.78 is 12.3. The number of hydrogen-bond acceptors (Lipinski definition) is 3. The zero-order valence-electron chi connectivity index (χ0n) is 7.44. The van der Waals surface area contributed by atoms with Gasteiger partial charge < -0.3 is 10.3 Å². The van der Waals surface area contributed by atoms with Crippen LogP contribution in [0.5, 0.6) is 0 Å². The van der Waals surface area contributed by atoms with Crippen molar-refractivity contribution in [1.29, 1.82) is 0 Å². The van der Waals surface area contributed by atoms with Crippen molar-refractivity contribution in [2.24, 2.45) is 0 Å². The van der Waals surface area contributed by atoms with Gasteiger partial charge in [0.25, 0.3) is 0 Å². The average Bonchev–Trinajstić information content (AvgIpc) is 2.54. The summed E-state index contributed by atoms with van der Waals surface area (Å²) in [7, 11) is -2.13. The summed E-state index contributed by atoms with van der Waals surface area (Å²) in [4.78, 5) is 3.90. The smallest absolute Gasteiger partial charge is 0.117 e. The fraction of sp³-hybridized carbons (Fsp3) is 0.444. The first kappa shape index (κ1) is 8.76. The number of nitrogens with zero attached hydrogens (tertiary/aromatic N) is 1. The van der Waals surface area contributed by atoms with Gasteiger partial charge in [-0.15, -0.1) is 0 Å². The summed E-state index contributed by atoms with van der Waals surface area (Å²) in [5.74, 6) is 0. The van der Waals surface area contributed by atoms with Crippen molar-refractivity contribution in [3.63, 3.8) is 0 Å². The van der Waals surface area contributed by atoms with Gasteiger partial charge in [-0.25, -0.2) is 0 Å². The Morgan fingerprint density at radius 1 is 1.38 bits per heavy atom. The number of nitrogens with two attached hydrogens (primary N) is 1. The van der Waals surface area contributed by atoms with Crippen LogP contribution in [0, 0.1) is 0 Å². The molecule has 0 unspecified atom stereocenters. The summed E-state index contributed by atoms with van der Waals surface area (Å²) in [5.41, 5.74) is 6.34. The van der Waals surface area contributed by atoms with E-state index < -0.39 is 7.14 Å². The molecule has 0 amide bonds. The van der Waals surface area contributed by atoms with Crippen molar-refractivity contribution in [3.05, 3.63) is 18.5 Å². The van der Waals surface area contributed by atoms with Crippen LogP contribution in [0.3, 0.4) is 0 Å². The molecule has 2 rings (SSSR count). The number of anilines is 1. The lowest BCUT2D eigenvalue weighted by Gasteiger charge is -2.12. The van der Waals surface area contributed by atoms with Gasteiger partial charge in [-0.1, -0.05) is 0 Å². The molecule has 0 radical (unpaired) electrons. The molecule has 1 fully saturated rings. The molecule has 1 aliphatic heterocycles. The van der Waals surface area contributed by atoms with Crippen LogP contribution in [0.4, 0.5) is 5.69 Å². The van der Waals surface area contributed by atoms with Crippen LogP contribution in [0.25, 0.3) is 0 Å². The predicted octanol–water partition coefficient (Wildman–Crippen LogP) is 1.45. The standard InChI is InChI=1S/C9H13N2OP/c10-8-7-11-4-3-9(8)13(12)5-1-2-6-13/h3-4,7H,1-2,5-6,10H2. The molecule has 4 heteroatoms. The SMILES string of the molecule is Nc1cnccc1P1(=O)CCCC1. The maximum Gasteiger partial charge on any atom is 0.117 e. The zero-order chi connectivity index (χ0) is 9.31. The Bertz CT molecular complexity index is 354. The van der Waals surface area contributed by atoms with Crippen LogP contribution in [0.2, 0.25) is 0 Å². The second-order valence-electron chi connectivity index (χ2n) is 3.48. The van der Waals surface area contributed by atoms with Gasteiger partial charge in [-0.05, 0) is 18.9 Å². The highest BCUT2D eigenvalue weighted by Gasteiger charge is 2.30. The topological polar surface area (TPSA) is 56.0 Å². The predicted molar refractivity (Wildman–Crippen MR) is 54.9 cm³/mol. The molecule has 1 aliphatic rings. The van der Waals surface area contributed by atoms with E-state index in [0.29, 0.717) is 5.69 Å². The Labute approximate surface area is 77.7 Å². The molecule has 0 atom stereocenters. The third-order valence-electron chi connectivity index (χ3n) is 2.56. The highest BCUT2D eigenvalue weighted by molar-refractivity contribution is 7.72. The molecule has 1 aromatic heterocycles. The van der Waals surface area contributed by atoms with Gasteiger partial charge in [-0.2, -0.15) is 0 Å². The van der Waals surface area contributed by atoms with Crippen LogP contribution in [-0.4, -0.2) is 17.3 Å². The maximum absolute atomic E-state index is 12.3. The highest BCUT2D eigenvalue weighted by atomic mass is 31.2. The van der Waals surface area contributed by atoms with Crippen molar-refractivity contribution in [1.82, 2.24) is 4.98 Å². The molecule has 13 heavy (non-hydrogen) atoms. The first-order valence-electron chi connectivity index (χ1n) is 4.50. The van der Waals surface area contributed by atoms with Crippen LogP contribution in [0.15, 0.2) is 18.5 Å². The molecule has 2 heterocycles. The van der Waals surface area contributed by atoms with Gasteiger partial charge in [0.2, 0.25) is 0 Å². The minimum absolute atomic E-state index is 0.590. The van der Waals surface area contributed by atoms with Crippen molar-refractivity contribution < 1.29 is 4.57 Å². The van der Waals surface area contributed by atoms with E-state index in [1.807, 2.05) is 0 Å². The number of hydrogen-bond donors (Lipinski definition) is 1. The lowest BCUT2D eigenvalue weighted by Crippen LogP contribution is -2.12. The van der Waals surface area contributed by atoms with E-state index in [2.05, 4.69) is 4.98 Å². The van der Waals surface area contributed by atoms with E-state index in [1.165, 1.54) is 0 Å².